The largest absolute Gasteiger partial charge is 0.243 e. The highest BCUT2D eigenvalue weighted by atomic mass is 15.3. The van der Waals surface area contributed by atoms with E-state index < -0.39 is 0 Å². The van der Waals surface area contributed by atoms with Crippen molar-refractivity contribution < 1.29 is 0 Å². The zero-order valence-corrected chi connectivity index (χ0v) is 10.2. The van der Waals surface area contributed by atoms with E-state index in [1.165, 1.54) is 5.56 Å². The molecule has 2 aromatic heterocycles. The minimum absolute atomic E-state index is 0.403. The third kappa shape index (κ3) is 1.80. The molecule has 0 saturated heterocycles. The van der Waals surface area contributed by atoms with Gasteiger partial charge in [0.25, 0.3) is 0 Å². The number of nitriles is 1. The molecular formula is C13H14N4. The minimum atomic E-state index is 0.403. The van der Waals surface area contributed by atoms with Gasteiger partial charge in [0.1, 0.15) is 11.8 Å². The highest BCUT2D eigenvalue weighted by Gasteiger charge is 2.13. The molecule has 0 amide bonds. The third-order valence-corrected chi connectivity index (χ3v) is 2.92. The first kappa shape index (κ1) is 11.3. The van der Waals surface area contributed by atoms with Crippen molar-refractivity contribution in [1.82, 2.24) is 14.8 Å². The molecule has 0 atom stereocenters. The van der Waals surface area contributed by atoms with E-state index in [1.54, 1.807) is 10.9 Å². The van der Waals surface area contributed by atoms with Crippen LogP contribution >= 0.6 is 0 Å². The number of aryl methyl sites for hydroxylation is 1. The molecule has 0 saturated carbocycles. The summed E-state index contributed by atoms with van der Waals surface area (Å²) < 4.78 is 1.81. The number of pyridine rings is 1. The van der Waals surface area contributed by atoms with E-state index in [1.807, 2.05) is 26.0 Å². The fraction of sp³-hybridized carbons (Fsp3) is 0.308. The Labute approximate surface area is 101 Å². The van der Waals surface area contributed by atoms with Gasteiger partial charge in [0, 0.05) is 11.9 Å². The van der Waals surface area contributed by atoms with E-state index in [0.29, 0.717) is 5.69 Å². The maximum atomic E-state index is 9.05. The van der Waals surface area contributed by atoms with Crippen LogP contribution in [0.25, 0.3) is 5.69 Å². The average molecular weight is 226 g/mol. The Hall–Kier alpha value is -2.15. The Morgan fingerprint density at radius 3 is 2.76 bits per heavy atom. The van der Waals surface area contributed by atoms with E-state index in [0.717, 1.165) is 23.5 Å². The Morgan fingerprint density at radius 2 is 2.18 bits per heavy atom. The standard InChI is InChI=1S/C13H14N4/c1-4-11-9(2)16-17(10(11)3)13-6-5-7-15-12(13)8-14/h5-7H,4H2,1-3H3. The fourth-order valence-corrected chi connectivity index (χ4v) is 2.08. The third-order valence-electron chi connectivity index (χ3n) is 2.92. The van der Waals surface area contributed by atoms with E-state index in [-0.39, 0.29) is 0 Å². The maximum absolute atomic E-state index is 9.05. The van der Waals surface area contributed by atoms with Crippen LogP contribution in [-0.4, -0.2) is 14.8 Å². The van der Waals surface area contributed by atoms with E-state index in [9.17, 15) is 0 Å². The molecule has 17 heavy (non-hydrogen) atoms. The van der Waals surface area contributed by atoms with Crippen molar-refractivity contribution in [3.8, 4) is 11.8 Å². The lowest BCUT2D eigenvalue weighted by atomic mass is 10.1. The van der Waals surface area contributed by atoms with Crippen LogP contribution in [0.2, 0.25) is 0 Å². The number of aromatic nitrogens is 3. The van der Waals surface area contributed by atoms with Crippen molar-refractivity contribution in [3.63, 3.8) is 0 Å². The summed E-state index contributed by atoms with van der Waals surface area (Å²) in [6, 6.07) is 5.78. The van der Waals surface area contributed by atoms with Gasteiger partial charge in [-0.3, -0.25) is 0 Å². The Morgan fingerprint density at radius 1 is 1.41 bits per heavy atom. The van der Waals surface area contributed by atoms with E-state index in [2.05, 4.69) is 23.1 Å². The lowest BCUT2D eigenvalue weighted by Gasteiger charge is -2.05. The van der Waals surface area contributed by atoms with Crippen LogP contribution < -0.4 is 0 Å². The number of nitrogens with zero attached hydrogens (tertiary/aromatic N) is 4. The minimum Gasteiger partial charge on any atom is -0.243 e. The lowest BCUT2D eigenvalue weighted by molar-refractivity contribution is 0.824. The summed E-state index contributed by atoms with van der Waals surface area (Å²) in [5.41, 5.74) is 4.47. The predicted molar refractivity (Wildman–Crippen MR) is 64.9 cm³/mol. The van der Waals surface area contributed by atoms with Crippen LogP contribution in [0.1, 0.15) is 29.6 Å². The molecule has 2 aromatic rings. The quantitative estimate of drug-likeness (QED) is 0.789. The van der Waals surface area contributed by atoms with Gasteiger partial charge in [-0.1, -0.05) is 6.92 Å². The van der Waals surface area contributed by atoms with Crippen LogP contribution in [-0.2, 0) is 6.42 Å². The molecule has 0 aliphatic carbocycles. The smallest absolute Gasteiger partial charge is 0.166 e. The van der Waals surface area contributed by atoms with Crippen molar-refractivity contribution in [2.45, 2.75) is 27.2 Å². The van der Waals surface area contributed by atoms with Gasteiger partial charge >= 0.3 is 0 Å². The van der Waals surface area contributed by atoms with Crippen LogP contribution in [0.3, 0.4) is 0 Å². The molecule has 2 rings (SSSR count). The molecule has 86 valence electrons. The Balaban J connectivity index is 2.66. The SMILES string of the molecule is CCc1c(C)nn(-c2cccnc2C#N)c1C. The van der Waals surface area contributed by atoms with Gasteiger partial charge in [0.2, 0.25) is 0 Å². The first-order chi connectivity index (χ1) is 8.19. The molecule has 0 fully saturated rings. The predicted octanol–water partition coefficient (Wildman–Crippen LogP) is 2.32. The Kier molecular flexibility index (Phi) is 2.92. The van der Waals surface area contributed by atoms with Crippen LogP contribution in [0.4, 0.5) is 0 Å². The molecule has 0 unspecified atom stereocenters. The Bertz CT molecular complexity index is 590. The van der Waals surface area contributed by atoms with Crippen LogP contribution in [0.5, 0.6) is 0 Å². The topological polar surface area (TPSA) is 54.5 Å². The summed E-state index contributed by atoms with van der Waals surface area (Å²) in [7, 11) is 0. The van der Waals surface area contributed by atoms with Gasteiger partial charge in [-0.05, 0) is 38.0 Å². The molecule has 0 radical (unpaired) electrons. The van der Waals surface area contributed by atoms with Crippen molar-refractivity contribution >= 4 is 0 Å². The maximum Gasteiger partial charge on any atom is 0.166 e. The molecule has 4 nitrogen and oxygen atoms in total. The zero-order chi connectivity index (χ0) is 12.4. The van der Waals surface area contributed by atoms with Crippen molar-refractivity contribution in [2.75, 3.05) is 0 Å². The molecule has 0 N–H and O–H groups in total. The second-order valence-corrected chi connectivity index (χ2v) is 3.90. The molecule has 4 heteroatoms. The number of hydrogen-bond acceptors (Lipinski definition) is 3. The van der Waals surface area contributed by atoms with Crippen molar-refractivity contribution in [1.29, 1.82) is 5.26 Å². The zero-order valence-electron chi connectivity index (χ0n) is 10.2. The van der Waals surface area contributed by atoms with Gasteiger partial charge in [0.05, 0.1) is 5.69 Å². The first-order valence-corrected chi connectivity index (χ1v) is 5.59. The highest BCUT2D eigenvalue weighted by Crippen LogP contribution is 2.19. The number of hydrogen-bond donors (Lipinski definition) is 0. The molecule has 0 spiro atoms. The van der Waals surface area contributed by atoms with Crippen molar-refractivity contribution in [2.24, 2.45) is 0 Å². The van der Waals surface area contributed by atoms with Crippen LogP contribution in [0, 0.1) is 25.2 Å². The first-order valence-electron chi connectivity index (χ1n) is 5.59. The second kappa shape index (κ2) is 4.38. The molecule has 0 aliphatic heterocycles. The van der Waals surface area contributed by atoms with Gasteiger partial charge in [-0.25, -0.2) is 9.67 Å². The molecule has 0 aromatic carbocycles. The summed E-state index contributed by atoms with van der Waals surface area (Å²) in [5.74, 6) is 0. The summed E-state index contributed by atoms with van der Waals surface area (Å²) >= 11 is 0. The number of rotatable bonds is 2. The normalized spacial score (nSPS) is 10.2. The summed E-state index contributed by atoms with van der Waals surface area (Å²) in [6.45, 7) is 6.12. The second-order valence-electron chi connectivity index (χ2n) is 3.90. The lowest BCUT2D eigenvalue weighted by Crippen LogP contribution is -2.03. The summed E-state index contributed by atoms with van der Waals surface area (Å²) in [5, 5.41) is 13.5. The molecule has 2 heterocycles. The highest BCUT2D eigenvalue weighted by molar-refractivity contribution is 5.45. The van der Waals surface area contributed by atoms with Crippen molar-refractivity contribution in [3.05, 3.63) is 41.0 Å². The summed E-state index contributed by atoms with van der Waals surface area (Å²) in [6.07, 6.45) is 2.56. The molecule has 0 bridgehead atoms. The van der Waals surface area contributed by atoms with Gasteiger partial charge < -0.3 is 0 Å². The summed E-state index contributed by atoms with van der Waals surface area (Å²) in [4.78, 5) is 4.06. The fourth-order valence-electron chi connectivity index (χ4n) is 2.08. The average Bonchev–Trinajstić information content (AvgIpc) is 2.64. The van der Waals surface area contributed by atoms with E-state index >= 15 is 0 Å². The van der Waals surface area contributed by atoms with E-state index in [4.69, 9.17) is 5.26 Å². The van der Waals surface area contributed by atoms with Gasteiger partial charge in [0.15, 0.2) is 5.69 Å². The van der Waals surface area contributed by atoms with Gasteiger partial charge in [-0.2, -0.15) is 10.4 Å². The monoisotopic (exact) mass is 226 g/mol. The molecular weight excluding hydrogens is 212 g/mol. The van der Waals surface area contributed by atoms with Gasteiger partial charge in [-0.15, -0.1) is 0 Å². The van der Waals surface area contributed by atoms with Crippen LogP contribution in [0.15, 0.2) is 18.3 Å². The molecule has 0 aliphatic rings.